The fraction of sp³-hybridized carbons (Fsp3) is 0.318. The van der Waals surface area contributed by atoms with Crippen LogP contribution in [-0.4, -0.2) is 36.4 Å². The molecule has 4 heterocycles. The molecule has 39 heavy (non-hydrogen) atoms. The third-order valence-electron chi connectivity index (χ3n) is 6.04. The van der Waals surface area contributed by atoms with E-state index in [-0.39, 0.29) is 37.6 Å². The molecule has 1 atom stereocenters. The predicted molar refractivity (Wildman–Crippen MR) is 130 cm³/mol. The van der Waals surface area contributed by atoms with Crippen molar-refractivity contribution in [3.63, 3.8) is 0 Å². The molecule has 4 aromatic heterocycles. The van der Waals surface area contributed by atoms with Crippen molar-refractivity contribution in [2.45, 2.75) is 39.2 Å². The number of nitrogens with two attached hydrogens (primary N) is 1. The number of nitrogens with one attached hydrogen (secondary N) is 1. The number of fused-ring (bicyclic) bond motifs is 1. The van der Waals surface area contributed by atoms with Gasteiger partial charge in [-0.3, -0.25) is 19.0 Å². The number of hydrogen-bond acceptors (Lipinski definition) is 6. The summed E-state index contributed by atoms with van der Waals surface area (Å²) in [6.07, 6.45) is -8.42. The first-order valence-corrected chi connectivity index (χ1v) is 12.1. The van der Waals surface area contributed by atoms with Crippen molar-refractivity contribution in [3.05, 3.63) is 44.9 Å². The second-order valence-electron chi connectivity index (χ2n) is 8.53. The number of rotatable bonds is 5. The molecule has 0 radical (unpaired) electrons. The van der Waals surface area contributed by atoms with Crippen LogP contribution in [0.3, 0.4) is 0 Å². The summed E-state index contributed by atoms with van der Waals surface area (Å²) in [6.45, 7) is 4.07. The van der Waals surface area contributed by atoms with Crippen LogP contribution < -0.4 is 11.1 Å². The molecule has 208 valence electrons. The van der Waals surface area contributed by atoms with Gasteiger partial charge in [0.2, 0.25) is 5.91 Å². The van der Waals surface area contributed by atoms with Crippen LogP contribution in [0, 0.1) is 13.8 Å². The smallest absolute Gasteiger partial charge is 0.365 e. The predicted octanol–water partition coefficient (Wildman–Crippen LogP) is 5.50. The van der Waals surface area contributed by atoms with E-state index in [1.54, 1.807) is 14.0 Å². The Kier molecular flexibility index (Phi) is 6.92. The van der Waals surface area contributed by atoms with Crippen LogP contribution in [0.1, 0.15) is 45.4 Å². The van der Waals surface area contributed by atoms with Crippen molar-refractivity contribution in [2.24, 2.45) is 12.8 Å². The van der Waals surface area contributed by atoms with Gasteiger partial charge < -0.3 is 11.1 Å². The first kappa shape index (κ1) is 28.4. The van der Waals surface area contributed by atoms with Crippen LogP contribution in [0.4, 0.5) is 32.0 Å². The topological polar surface area (TPSA) is 121 Å². The van der Waals surface area contributed by atoms with Gasteiger partial charge in [0.15, 0.2) is 5.69 Å². The second kappa shape index (κ2) is 9.51. The molecule has 0 spiro atoms. The van der Waals surface area contributed by atoms with Gasteiger partial charge in [-0.05, 0) is 32.4 Å². The highest BCUT2D eigenvalue weighted by atomic mass is 35.5. The lowest BCUT2D eigenvalue weighted by molar-refractivity contribution is -0.142. The molecule has 0 bridgehead atoms. The highest BCUT2D eigenvalue weighted by Gasteiger charge is 2.40. The quantitative estimate of drug-likeness (QED) is 0.296. The lowest BCUT2D eigenvalue weighted by Gasteiger charge is -2.16. The normalized spacial score (nSPS) is 13.2. The van der Waals surface area contributed by atoms with E-state index in [0.29, 0.717) is 17.0 Å². The zero-order valence-electron chi connectivity index (χ0n) is 20.4. The van der Waals surface area contributed by atoms with E-state index < -0.39 is 46.6 Å². The van der Waals surface area contributed by atoms with E-state index in [1.807, 2.05) is 0 Å². The lowest BCUT2D eigenvalue weighted by atomic mass is 10.0. The van der Waals surface area contributed by atoms with Gasteiger partial charge in [-0.1, -0.05) is 11.6 Å². The minimum atomic E-state index is -4.88. The van der Waals surface area contributed by atoms with Crippen molar-refractivity contribution < 1.29 is 35.9 Å². The molecule has 0 aliphatic heterocycles. The SMILES string of the molecule is Cc1c(-c2cc(C(F)(F)F)nc3sc(C(N)=O)c(NC(=O)C(C)n4nc(C(F)(F)F)c(Cl)c4C)c23)cnn1C. The summed E-state index contributed by atoms with van der Waals surface area (Å²) in [4.78, 5) is 28.6. The van der Waals surface area contributed by atoms with Crippen molar-refractivity contribution in [2.75, 3.05) is 5.32 Å². The lowest BCUT2D eigenvalue weighted by Crippen LogP contribution is -2.26. The van der Waals surface area contributed by atoms with E-state index in [0.717, 1.165) is 10.7 Å². The summed E-state index contributed by atoms with van der Waals surface area (Å²) in [5.41, 5.74) is 3.13. The summed E-state index contributed by atoms with van der Waals surface area (Å²) in [5.74, 6) is -2.01. The Labute approximate surface area is 224 Å². The van der Waals surface area contributed by atoms with Crippen LogP contribution in [0.25, 0.3) is 21.3 Å². The molecular weight excluding hydrogens is 576 g/mol. The van der Waals surface area contributed by atoms with Gasteiger partial charge in [0, 0.05) is 23.7 Å². The van der Waals surface area contributed by atoms with E-state index in [4.69, 9.17) is 17.3 Å². The van der Waals surface area contributed by atoms with Crippen LogP contribution in [0.15, 0.2) is 12.3 Å². The average molecular weight is 594 g/mol. The Balaban J connectivity index is 1.91. The first-order valence-electron chi connectivity index (χ1n) is 10.9. The van der Waals surface area contributed by atoms with E-state index >= 15 is 0 Å². The highest BCUT2D eigenvalue weighted by molar-refractivity contribution is 7.21. The van der Waals surface area contributed by atoms with Crippen molar-refractivity contribution in [1.29, 1.82) is 0 Å². The molecule has 4 aromatic rings. The third kappa shape index (κ3) is 4.93. The molecule has 0 fully saturated rings. The van der Waals surface area contributed by atoms with E-state index in [1.165, 1.54) is 24.7 Å². The number of pyridine rings is 1. The van der Waals surface area contributed by atoms with Gasteiger partial charge in [-0.15, -0.1) is 11.3 Å². The number of nitrogens with zero attached hydrogens (tertiary/aromatic N) is 5. The molecule has 0 aliphatic rings. The number of carbonyl (C=O) groups excluding carboxylic acids is 2. The van der Waals surface area contributed by atoms with Crippen LogP contribution >= 0.6 is 22.9 Å². The van der Waals surface area contributed by atoms with Gasteiger partial charge >= 0.3 is 12.4 Å². The van der Waals surface area contributed by atoms with E-state index in [9.17, 15) is 35.9 Å². The van der Waals surface area contributed by atoms with Crippen molar-refractivity contribution in [3.8, 4) is 11.1 Å². The fourth-order valence-electron chi connectivity index (χ4n) is 3.91. The zero-order valence-corrected chi connectivity index (χ0v) is 22.0. The Morgan fingerprint density at radius 3 is 2.23 bits per heavy atom. The molecule has 0 saturated carbocycles. The molecule has 3 N–H and O–H groups in total. The zero-order chi connectivity index (χ0) is 29.2. The molecular formula is C22H18ClF6N7O2S. The van der Waals surface area contributed by atoms with Crippen molar-refractivity contribution in [1.82, 2.24) is 24.5 Å². The molecule has 0 aromatic carbocycles. The summed E-state index contributed by atoms with van der Waals surface area (Å²) in [6, 6.07) is -0.629. The highest BCUT2D eigenvalue weighted by Crippen LogP contribution is 2.44. The van der Waals surface area contributed by atoms with Crippen molar-refractivity contribution >= 4 is 50.7 Å². The standard InChI is InChI=1S/C22H18ClF6N7O2S/c1-7-11(6-31-35(7)4)10-5-12(21(24,25)26)32-20-13(10)15(16(39-20)18(30)37)33-19(38)9(3)36-8(2)14(23)17(34-36)22(27,28)29/h5-6,9H,1-4H3,(H2,30,37)(H,33,38). The number of thiophene rings is 1. The summed E-state index contributed by atoms with van der Waals surface area (Å²) in [7, 11) is 1.57. The summed E-state index contributed by atoms with van der Waals surface area (Å²) < 4.78 is 83.1. The maximum absolute atomic E-state index is 13.7. The maximum Gasteiger partial charge on any atom is 0.436 e. The number of primary amides is 1. The maximum atomic E-state index is 13.7. The van der Waals surface area contributed by atoms with Gasteiger partial charge in [-0.2, -0.15) is 36.5 Å². The van der Waals surface area contributed by atoms with Gasteiger partial charge in [0.1, 0.15) is 21.4 Å². The molecule has 1 unspecified atom stereocenters. The molecule has 0 saturated heterocycles. The van der Waals surface area contributed by atoms with Crippen LogP contribution in [-0.2, 0) is 24.2 Å². The third-order valence-corrected chi connectivity index (χ3v) is 7.59. The van der Waals surface area contributed by atoms with Crippen LogP contribution in [0.5, 0.6) is 0 Å². The molecule has 9 nitrogen and oxygen atoms in total. The Hall–Kier alpha value is -3.66. The first-order chi connectivity index (χ1) is 17.9. The number of carbonyl (C=O) groups is 2. The number of amides is 2. The molecule has 17 heteroatoms. The average Bonchev–Trinajstić information content (AvgIpc) is 3.46. The number of aromatic nitrogens is 5. The molecule has 2 amide bonds. The Morgan fingerprint density at radius 2 is 1.74 bits per heavy atom. The number of aryl methyl sites for hydroxylation is 1. The molecule has 4 rings (SSSR count). The second-order valence-corrected chi connectivity index (χ2v) is 9.90. The minimum absolute atomic E-state index is 0.0235. The van der Waals surface area contributed by atoms with E-state index in [2.05, 4.69) is 20.5 Å². The van der Waals surface area contributed by atoms with Crippen LogP contribution in [0.2, 0.25) is 5.02 Å². The minimum Gasteiger partial charge on any atom is -0.365 e. The monoisotopic (exact) mass is 593 g/mol. The number of hydrogen-bond donors (Lipinski definition) is 2. The molecule has 0 aliphatic carbocycles. The number of anilines is 1. The summed E-state index contributed by atoms with van der Waals surface area (Å²) >= 11 is 6.32. The van der Waals surface area contributed by atoms with Gasteiger partial charge in [0.05, 0.1) is 22.6 Å². The van der Waals surface area contributed by atoms with Gasteiger partial charge in [0.25, 0.3) is 5.91 Å². The number of halogens is 7. The largest absolute Gasteiger partial charge is 0.436 e. The van der Waals surface area contributed by atoms with Gasteiger partial charge in [-0.25, -0.2) is 4.98 Å². The number of alkyl halides is 6. The Morgan fingerprint density at radius 1 is 1.10 bits per heavy atom. The summed E-state index contributed by atoms with van der Waals surface area (Å²) in [5, 5.41) is 9.21. The fourth-order valence-corrected chi connectivity index (χ4v) is 5.15. The Bertz CT molecular complexity index is 1640.